The highest BCUT2D eigenvalue weighted by atomic mass is 19.4. The summed E-state index contributed by atoms with van der Waals surface area (Å²) in [6, 6.07) is -0.0743. The molecule has 1 atom stereocenters. The third-order valence-corrected chi connectivity index (χ3v) is 6.25. The molecule has 4 N–H and O–H groups in total. The van der Waals surface area contributed by atoms with E-state index in [2.05, 4.69) is 35.7 Å². The van der Waals surface area contributed by atoms with Crippen molar-refractivity contribution in [3.8, 4) is 11.5 Å². The molecule has 196 valence electrons. The van der Waals surface area contributed by atoms with E-state index in [1.165, 1.54) is 6.92 Å². The minimum absolute atomic E-state index is 0.0204. The molecule has 1 aliphatic carbocycles. The number of nitrogens with two attached hydrogens (primary N) is 1. The van der Waals surface area contributed by atoms with Gasteiger partial charge in [-0.2, -0.15) is 27.1 Å². The first-order valence-corrected chi connectivity index (χ1v) is 10.9. The van der Waals surface area contributed by atoms with Crippen LogP contribution in [0.1, 0.15) is 41.7 Å². The fourth-order valence-corrected chi connectivity index (χ4v) is 3.93. The minimum atomic E-state index is -5.82. The van der Waals surface area contributed by atoms with Gasteiger partial charge in [0.25, 0.3) is 0 Å². The quantitative estimate of drug-likeness (QED) is 0.324. The molecule has 1 saturated carbocycles. The summed E-state index contributed by atoms with van der Waals surface area (Å²) in [5, 5.41) is 8.85. The van der Waals surface area contributed by atoms with Gasteiger partial charge in [-0.25, -0.2) is 19.9 Å². The first kappa shape index (κ1) is 21.1. The van der Waals surface area contributed by atoms with Gasteiger partial charge in [0.2, 0.25) is 11.8 Å². The molecule has 37 heavy (non-hydrogen) atoms. The number of alkyl halides is 5. The Morgan fingerprint density at radius 3 is 2.65 bits per heavy atom. The van der Waals surface area contributed by atoms with Crippen LogP contribution in [0.25, 0.3) is 22.6 Å². The lowest BCUT2D eigenvalue weighted by molar-refractivity contribution is -0.284. The molecule has 16 heteroatoms. The molecule has 5 rings (SSSR count). The predicted molar refractivity (Wildman–Crippen MR) is 118 cm³/mol. The maximum absolute atomic E-state index is 13.6. The average Bonchev–Trinajstić information content (AvgIpc) is 3.46. The van der Waals surface area contributed by atoms with Crippen molar-refractivity contribution in [3.63, 3.8) is 0 Å². The average molecular weight is 528 g/mol. The van der Waals surface area contributed by atoms with Gasteiger partial charge in [-0.1, -0.05) is 0 Å². The van der Waals surface area contributed by atoms with Crippen LogP contribution in [0.5, 0.6) is 0 Å². The van der Waals surface area contributed by atoms with E-state index in [-0.39, 0.29) is 40.1 Å². The first-order chi connectivity index (χ1) is 18.4. The number of anilines is 2. The number of fused-ring (bicyclic) bond motifs is 2. The highest BCUT2D eigenvalue weighted by molar-refractivity contribution is 6.21. The smallest absolute Gasteiger partial charge is 0.383 e. The van der Waals surface area contributed by atoms with E-state index in [0.717, 1.165) is 19.0 Å². The number of aryl methyl sites for hydroxylation is 2. The van der Waals surface area contributed by atoms with Gasteiger partial charge >= 0.3 is 12.1 Å². The summed E-state index contributed by atoms with van der Waals surface area (Å²) in [6.45, 7) is -1.56. The number of halogens is 5. The van der Waals surface area contributed by atoms with E-state index in [1.54, 1.807) is 0 Å². The number of carbonyl (C=O) groups is 2. The van der Waals surface area contributed by atoms with Gasteiger partial charge in [-0.3, -0.25) is 14.3 Å². The zero-order valence-corrected chi connectivity index (χ0v) is 19.0. The Morgan fingerprint density at radius 1 is 1.27 bits per heavy atom. The summed E-state index contributed by atoms with van der Waals surface area (Å²) in [4.78, 5) is 42.1. The largest absolute Gasteiger partial charge is 0.453 e. The maximum atomic E-state index is 13.6. The molecule has 0 aromatic carbocycles. The van der Waals surface area contributed by atoms with Crippen LogP contribution >= 0.6 is 0 Å². The molecular formula is C21H20F5N9O2. The Kier molecular flexibility index (Phi) is 4.58. The van der Waals surface area contributed by atoms with E-state index in [9.17, 15) is 31.5 Å². The summed E-state index contributed by atoms with van der Waals surface area (Å²) < 4.78 is 88.9. The summed E-state index contributed by atoms with van der Waals surface area (Å²) in [7, 11) is 0. The molecule has 0 radical (unpaired) electrons. The van der Waals surface area contributed by atoms with Crippen LogP contribution < -0.4 is 16.4 Å². The van der Waals surface area contributed by atoms with Gasteiger partial charge in [0.15, 0.2) is 16.9 Å². The summed E-state index contributed by atoms with van der Waals surface area (Å²) in [5.41, 5.74) is 3.66. The monoisotopic (exact) mass is 528 g/mol. The number of amides is 2. The molecule has 0 spiro atoms. The third-order valence-electron chi connectivity index (χ3n) is 6.25. The number of hydrogen-bond acceptors (Lipinski definition) is 8. The van der Waals surface area contributed by atoms with Crippen LogP contribution in [0.4, 0.5) is 33.6 Å². The van der Waals surface area contributed by atoms with Crippen molar-refractivity contribution in [2.24, 2.45) is 6.98 Å². The second kappa shape index (κ2) is 8.01. The van der Waals surface area contributed by atoms with Crippen molar-refractivity contribution in [2.45, 2.75) is 56.2 Å². The Morgan fingerprint density at radius 2 is 2.00 bits per heavy atom. The second-order valence-corrected chi connectivity index (χ2v) is 8.97. The standard InChI is InChI=1S/C21H20F5N9O2/c1-19(17(36)29-8-3-4-8)11-13(27)32-15(33-14(11)34-18(19)37)12-9-7-28-35(2)16(9)31-10(30-12)5-6-20(22,23)21(24,25)26/h7-8H,3-6H2,1-2H3,(H,29,36)(H3,27,32,33,34,37)/i2D3. The van der Waals surface area contributed by atoms with Gasteiger partial charge in [-0.05, 0) is 19.8 Å². The number of nitrogen functional groups attached to an aromatic ring is 1. The molecule has 1 unspecified atom stereocenters. The summed E-state index contributed by atoms with van der Waals surface area (Å²) in [5.74, 6) is -7.81. The summed E-state index contributed by atoms with van der Waals surface area (Å²) in [6.07, 6.45) is -6.00. The molecule has 1 fully saturated rings. The fourth-order valence-electron chi connectivity index (χ4n) is 3.93. The van der Waals surface area contributed by atoms with E-state index in [1.807, 2.05) is 0 Å². The zero-order valence-electron chi connectivity index (χ0n) is 22.0. The van der Waals surface area contributed by atoms with Crippen molar-refractivity contribution >= 4 is 34.5 Å². The topological polar surface area (TPSA) is 154 Å². The zero-order chi connectivity index (χ0) is 29.4. The van der Waals surface area contributed by atoms with Crippen molar-refractivity contribution in [1.29, 1.82) is 0 Å². The number of nitrogens with zero attached hydrogens (tertiary/aromatic N) is 6. The minimum Gasteiger partial charge on any atom is -0.383 e. The van der Waals surface area contributed by atoms with Crippen molar-refractivity contribution in [1.82, 2.24) is 35.0 Å². The molecule has 2 amide bonds. The lowest BCUT2D eigenvalue weighted by Gasteiger charge is -2.21. The Balaban J connectivity index is 1.62. The molecular weight excluding hydrogens is 505 g/mol. The molecule has 0 bridgehead atoms. The van der Waals surface area contributed by atoms with Crippen molar-refractivity contribution < 1.29 is 35.7 Å². The van der Waals surface area contributed by atoms with Crippen LogP contribution in [0, 0.1) is 0 Å². The van der Waals surface area contributed by atoms with Crippen molar-refractivity contribution in [3.05, 3.63) is 17.6 Å². The molecule has 4 heterocycles. The number of rotatable bonds is 6. The Bertz CT molecular complexity index is 1560. The SMILES string of the molecule is [2H]C([2H])([2H])n1ncc2c(-c3nc(N)c4c(n3)NC(=O)C4(C)C(=O)NC3CC3)nc(CCC(F)(F)C(F)(F)F)nc21. The maximum Gasteiger partial charge on any atom is 0.453 e. The van der Waals surface area contributed by atoms with E-state index < -0.39 is 60.6 Å². The normalized spacial score (nSPS) is 21.2. The van der Waals surface area contributed by atoms with Crippen LogP contribution in [0.15, 0.2) is 6.20 Å². The molecule has 3 aromatic heterocycles. The lowest BCUT2D eigenvalue weighted by atomic mass is 9.83. The van der Waals surface area contributed by atoms with Gasteiger partial charge < -0.3 is 16.4 Å². The van der Waals surface area contributed by atoms with E-state index in [0.29, 0.717) is 4.68 Å². The van der Waals surface area contributed by atoms with Gasteiger partial charge in [-0.15, -0.1) is 0 Å². The lowest BCUT2D eigenvalue weighted by Crippen LogP contribution is -2.48. The number of aromatic nitrogens is 6. The molecule has 3 aromatic rings. The molecule has 2 aliphatic rings. The number of nitrogens with one attached hydrogen (secondary N) is 2. The molecule has 0 saturated heterocycles. The van der Waals surface area contributed by atoms with Crippen LogP contribution in [-0.2, 0) is 28.4 Å². The highest BCUT2D eigenvalue weighted by Crippen LogP contribution is 2.42. The van der Waals surface area contributed by atoms with Crippen molar-refractivity contribution in [2.75, 3.05) is 11.1 Å². The number of carbonyl (C=O) groups excluding carboxylic acids is 2. The molecule has 1 aliphatic heterocycles. The first-order valence-electron chi connectivity index (χ1n) is 12.4. The van der Waals surface area contributed by atoms with Crippen LogP contribution in [0.3, 0.4) is 0 Å². The Hall–Kier alpha value is -3.98. The van der Waals surface area contributed by atoms with Gasteiger partial charge in [0.1, 0.15) is 23.2 Å². The number of hydrogen-bond donors (Lipinski definition) is 3. The highest BCUT2D eigenvalue weighted by Gasteiger charge is 2.57. The Labute approximate surface area is 209 Å². The fraction of sp³-hybridized carbons (Fsp3) is 0.476. The predicted octanol–water partition coefficient (Wildman–Crippen LogP) is 2.02. The van der Waals surface area contributed by atoms with E-state index in [4.69, 9.17) is 9.85 Å². The molecule has 11 nitrogen and oxygen atoms in total. The van der Waals surface area contributed by atoms with Crippen LogP contribution in [0.2, 0.25) is 0 Å². The second-order valence-electron chi connectivity index (χ2n) is 8.97. The third kappa shape index (κ3) is 3.99. The van der Waals surface area contributed by atoms with Gasteiger partial charge in [0, 0.05) is 30.0 Å². The van der Waals surface area contributed by atoms with E-state index >= 15 is 0 Å². The van der Waals surface area contributed by atoms with Gasteiger partial charge in [0.05, 0.1) is 17.1 Å². The summed E-state index contributed by atoms with van der Waals surface area (Å²) >= 11 is 0. The van der Waals surface area contributed by atoms with Crippen LogP contribution in [-0.4, -0.2) is 59.7 Å².